The van der Waals surface area contributed by atoms with Crippen LogP contribution in [-0.4, -0.2) is 48.8 Å². The van der Waals surface area contributed by atoms with Crippen molar-refractivity contribution < 1.29 is 14.6 Å². The SMILES string of the molecule is C=C(C)CCC.CCC.CCC.CCC.CCCCCCN(CCCCO)CCCCCCCCCOC(=O)C(C)CC. The van der Waals surface area contributed by atoms with Crippen LogP contribution < -0.4 is 0 Å². The maximum Gasteiger partial charge on any atom is 0.308 e. The summed E-state index contributed by atoms with van der Waals surface area (Å²) in [5.41, 5.74) is 1.29. The number of allylic oxidation sites excluding steroid dienone is 1. The Morgan fingerprint density at radius 2 is 1.05 bits per heavy atom. The molecule has 264 valence electrons. The van der Waals surface area contributed by atoms with Crippen LogP contribution in [0.4, 0.5) is 0 Å². The summed E-state index contributed by atoms with van der Waals surface area (Å²) in [5.74, 6) is -0.00409. The zero-order chi connectivity index (χ0) is 34.0. The second-order valence-electron chi connectivity index (χ2n) is 12.1. The van der Waals surface area contributed by atoms with Gasteiger partial charge in [-0.2, -0.15) is 0 Å². The van der Waals surface area contributed by atoms with Crippen LogP contribution in [-0.2, 0) is 9.53 Å². The predicted octanol–water partition coefficient (Wildman–Crippen LogP) is 12.6. The minimum atomic E-state index is -0.0410. The van der Waals surface area contributed by atoms with Gasteiger partial charge in [-0.3, -0.25) is 4.79 Å². The zero-order valence-corrected chi connectivity index (χ0v) is 32.0. The van der Waals surface area contributed by atoms with Crippen LogP contribution in [0.5, 0.6) is 0 Å². The Bertz CT molecular complexity index is 476. The molecule has 1 N–H and O–H groups in total. The smallest absolute Gasteiger partial charge is 0.308 e. The van der Waals surface area contributed by atoms with Gasteiger partial charge >= 0.3 is 5.97 Å². The van der Waals surface area contributed by atoms with Crippen molar-refractivity contribution >= 4 is 5.97 Å². The van der Waals surface area contributed by atoms with Crippen molar-refractivity contribution in [3.05, 3.63) is 12.2 Å². The Balaban J connectivity index is -0.000000264. The van der Waals surface area contributed by atoms with Crippen LogP contribution in [0, 0.1) is 5.92 Å². The van der Waals surface area contributed by atoms with Crippen molar-refractivity contribution in [2.45, 2.75) is 198 Å². The lowest BCUT2D eigenvalue weighted by atomic mass is 10.1. The van der Waals surface area contributed by atoms with Gasteiger partial charge in [0.2, 0.25) is 0 Å². The van der Waals surface area contributed by atoms with E-state index in [-0.39, 0.29) is 11.9 Å². The van der Waals surface area contributed by atoms with Crippen LogP contribution in [0.1, 0.15) is 198 Å². The summed E-state index contributed by atoms with van der Waals surface area (Å²) >= 11 is 0. The summed E-state index contributed by atoms with van der Waals surface area (Å²) in [5, 5.41) is 9.00. The number of esters is 1. The van der Waals surface area contributed by atoms with Crippen LogP contribution in [0.15, 0.2) is 12.2 Å². The molecule has 0 bridgehead atoms. The molecule has 0 heterocycles. The van der Waals surface area contributed by atoms with Gasteiger partial charge in [-0.15, -0.1) is 6.58 Å². The molecule has 0 saturated heterocycles. The van der Waals surface area contributed by atoms with Gasteiger partial charge in [0.25, 0.3) is 0 Å². The maximum atomic E-state index is 11.6. The number of aliphatic hydroxyl groups excluding tert-OH is 1. The molecular formula is C39H85NO3. The molecule has 4 nitrogen and oxygen atoms in total. The lowest BCUT2D eigenvalue weighted by Gasteiger charge is -2.22. The van der Waals surface area contributed by atoms with E-state index in [4.69, 9.17) is 9.84 Å². The molecule has 0 spiro atoms. The van der Waals surface area contributed by atoms with Crippen LogP contribution in [0.25, 0.3) is 0 Å². The minimum Gasteiger partial charge on any atom is -0.465 e. The first kappa shape index (κ1) is 51.7. The number of carbonyl (C=O) groups is 1. The van der Waals surface area contributed by atoms with Gasteiger partial charge in [0.1, 0.15) is 0 Å². The van der Waals surface area contributed by atoms with Gasteiger partial charge in [0.15, 0.2) is 0 Å². The van der Waals surface area contributed by atoms with E-state index >= 15 is 0 Å². The molecular weight excluding hydrogens is 530 g/mol. The topological polar surface area (TPSA) is 49.8 Å². The van der Waals surface area contributed by atoms with Crippen LogP contribution >= 0.6 is 0 Å². The molecule has 4 heteroatoms. The summed E-state index contributed by atoms with van der Waals surface area (Å²) in [6.45, 7) is 31.4. The fraction of sp³-hybridized carbons (Fsp3) is 0.923. The third kappa shape index (κ3) is 61.0. The normalized spacial score (nSPS) is 10.5. The monoisotopic (exact) mass is 616 g/mol. The van der Waals surface area contributed by atoms with Crippen molar-refractivity contribution in [2.75, 3.05) is 32.8 Å². The van der Waals surface area contributed by atoms with Crippen LogP contribution in [0.3, 0.4) is 0 Å². The third-order valence-electron chi connectivity index (χ3n) is 6.26. The maximum absolute atomic E-state index is 11.6. The molecule has 0 rings (SSSR count). The largest absolute Gasteiger partial charge is 0.465 e. The van der Waals surface area contributed by atoms with E-state index in [0.717, 1.165) is 32.2 Å². The number of ether oxygens (including phenoxy) is 1. The summed E-state index contributed by atoms with van der Waals surface area (Å²) in [7, 11) is 0. The second-order valence-corrected chi connectivity index (χ2v) is 12.1. The van der Waals surface area contributed by atoms with Crippen molar-refractivity contribution in [2.24, 2.45) is 5.92 Å². The summed E-state index contributed by atoms with van der Waals surface area (Å²) in [6, 6.07) is 0. The third-order valence-corrected chi connectivity index (χ3v) is 6.26. The number of hydrogen-bond donors (Lipinski definition) is 1. The van der Waals surface area contributed by atoms with Gasteiger partial charge < -0.3 is 14.7 Å². The average Bonchev–Trinajstić information content (AvgIpc) is 2.97. The quantitative estimate of drug-likeness (QED) is 0.0705. The van der Waals surface area contributed by atoms with Crippen molar-refractivity contribution in [1.82, 2.24) is 4.90 Å². The molecule has 0 aliphatic carbocycles. The standard InChI is InChI=1S/C24H49NO3.C6H12.3C3H8/c1-4-6-7-13-18-25(20-15-16-21-26)19-14-11-9-8-10-12-17-22-28-24(27)23(3)5-2;1-4-5-6(2)3;3*1-3-2/h23,26H,4-22H2,1-3H3;2,4-5H2,1,3H3;3*3H2,1-2H3. The molecule has 0 fully saturated rings. The molecule has 0 aromatic heterocycles. The first-order valence-electron chi connectivity index (χ1n) is 18.8. The fourth-order valence-electron chi connectivity index (χ4n) is 3.77. The van der Waals surface area contributed by atoms with Crippen molar-refractivity contribution in [3.8, 4) is 0 Å². The Labute approximate surface area is 274 Å². The zero-order valence-electron chi connectivity index (χ0n) is 32.0. The Morgan fingerprint density at radius 1 is 0.651 bits per heavy atom. The number of rotatable bonds is 23. The summed E-state index contributed by atoms with van der Waals surface area (Å²) in [4.78, 5) is 14.2. The Hall–Kier alpha value is -0.870. The minimum absolute atomic E-state index is 0.0369. The fourth-order valence-corrected chi connectivity index (χ4v) is 3.77. The van der Waals surface area contributed by atoms with Crippen LogP contribution in [0.2, 0.25) is 0 Å². The average molecular weight is 616 g/mol. The highest BCUT2D eigenvalue weighted by Crippen LogP contribution is 2.10. The second kappa shape index (κ2) is 50.7. The molecule has 43 heavy (non-hydrogen) atoms. The molecule has 1 atom stereocenters. The lowest BCUT2D eigenvalue weighted by molar-refractivity contribution is -0.148. The van der Waals surface area contributed by atoms with E-state index in [0.29, 0.717) is 13.2 Å². The van der Waals surface area contributed by atoms with E-state index in [1.807, 2.05) is 13.8 Å². The molecule has 0 saturated carbocycles. The number of unbranched alkanes of at least 4 members (excludes halogenated alkanes) is 10. The molecule has 1 unspecified atom stereocenters. The summed E-state index contributed by atoms with van der Waals surface area (Å²) in [6.07, 6.45) is 23.0. The molecule has 0 aromatic carbocycles. The first-order valence-corrected chi connectivity index (χ1v) is 18.8. The summed E-state index contributed by atoms with van der Waals surface area (Å²) < 4.78 is 5.29. The van der Waals surface area contributed by atoms with E-state index in [9.17, 15) is 4.79 Å². The van der Waals surface area contributed by atoms with Gasteiger partial charge in [-0.05, 0) is 71.5 Å². The first-order chi connectivity index (χ1) is 20.7. The number of hydrogen-bond acceptors (Lipinski definition) is 4. The molecule has 0 amide bonds. The van der Waals surface area contributed by atoms with Crippen molar-refractivity contribution in [3.63, 3.8) is 0 Å². The van der Waals surface area contributed by atoms with E-state index in [1.165, 1.54) is 115 Å². The van der Waals surface area contributed by atoms with E-state index in [1.54, 1.807) is 0 Å². The highest BCUT2D eigenvalue weighted by Gasteiger charge is 2.11. The number of aliphatic hydroxyl groups is 1. The van der Waals surface area contributed by atoms with Gasteiger partial charge in [-0.1, -0.05) is 152 Å². The molecule has 0 radical (unpaired) electrons. The molecule has 0 aromatic rings. The highest BCUT2D eigenvalue weighted by molar-refractivity contribution is 5.71. The van der Waals surface area contributed by atoms with Gasteiger partial charge in [-0.25, -0.2) is 0 Å². The van der Waals surface area contributed by atoms with E-state index < -0.39 is 0 Å². The van der Waals surface area contributed by atoms with Gasteiger partial charge in [0, 0.05) is 6.61 Å². The number of nitrogens with zero attached hydrogens (tertiary/aromatic N) is 1. The highest BCUT2D eigenvalue weighted by atomic mass is 16.5. The predicted molar refractivity (Wildman–Crippen MR) is 197 cm³/mol. The lowest BCUT2D eigenvalue weighted by Crippen LogP contribution is -2.27. The van der Waals surface area contributed by atoms with E-state index in [2.05, 4.69) is 73.8 Å². The molecule has 0 aliphatic heterocycles. The molecule has 0 aliphatic rings. The Morgan fingerprint density at radius 3 is 1.40 bits per heavy atom. The Kier molecular flexibility index (Phi) is 61.0. The van der Waals surface area contributed by atoms with Crippen molar-refractivity contribution in [1.29, 1.82) is 0 Å². The van der Waals surface area contributed by atoms with Gasteiger partial charge in [0.05, 0.1) is 12.5 Å². The number of carbonyl (C=O) groups excluding carboxylic acids is 1.